The summed E-state index contributed by atoms with van der Waals surface area (Å²) >= 11 is 0. The highest BCUT2D eigenvalue weighted by Crippen LogP contribution is 2.14. The number of hydrogen-bond donors (Lipinski definition) is 1. The summed E-state index contributed by atoms with van der Waals surface area (Å²) in [4.78, 5) is 0. The van der Waals surface area contributed by atoms with Crippen LogP contribution in [0.4, 0.5) is 8.78 Å². The molecule has 0 fully saturated rings. The molecule has 1 heterocycles. The second-order valence-corrected chi connectivity index (χ2v) is 5.03. The van der Waals surface area contributed by atoms with Crippen LogP contribution in [0.25, 0.3) is 0 Å². The van der Waals surface area contributed by atoms with E-state index < -0.39 is 11.6 Å². The lowest BCUT2D eigenvalue weighted by atomic mass is 10.0. The van der Waals surface area contributed by atoms with E-state index in [1.165, 1.54) is 12.1 Å². The average Bonchev–Trinajstić information content (AvgIpc) is 2.70. The number of aromatic nitrogens is 2. The van der Waals surface area contributed by atoms with E-state index in [-0.39, 0.29) is 6.04 Å². The minimum atomic E-state index is -0.547. The molecule has 0 amide bonds. The van der Waals surface area contributed by atoms with Crippen molar-refractivity contribution in [2.75, 3.05) is 7.05 Å². The van der Waals surface area contributed by atoms with Crippen molar-refractivity contribution in [3.8, 4) is 0 Å². The Labute approximate surface area is 117 Å². The Kier molecular flexibility index (Phi) is 4.49. The van der Waals surface area contributed by atoms with Crippen LogP contribution in [0.3, 0.4) is 0 Å². The third-order valence-electron chi connectivity index (χ3n) is 3.44. The predicted octanol–water partition coefficient (Wildman–Crippen LogP) is 2.38. The molecule has 0 bridgehead atoms. The van der Waals surface area contributed by atoms with Crippen LogP contribution >= 0.6 is 0 Å². The van der Waals surface area contributed by atoms with Crippen molar-refractivity contribution >= 4 is 0 Å². The summed E-state index contributed by atoms with van der Waals surface area (Å²) in [5.74, 6) is -1.04. The van der Waals surface area contributed by atoms with Crippen LogP contribution in [0.5, 0.6) is 0 Å². The van der Waals surface area contributed by atoms with Gasteiger partial charge < -0.3 is 5.32 Å². The molecule has 5 heteroatoms. The van der Waals surface area contributed by atoms with Gasteiger partial charge in [-0.2, -0.15) is 5.10 Å². The third kappa shape index (κ3) is 3.42. The summed E-state index contributed by atoms with van der Waals surface area (Å²) in [6.45, 7) is 1.94. The molecule has 0 aliphatic heterocycles. The fourth-order valence-corrected chi connectivity index (χ4v) is 2.34. The summed E-state index contributed by atoms with van der Waals surface area (Å²) in [6, 6.07) is 5.81. The van der Waals surface area contributed by atoms with Crippen molar-refractivity contribution in [3.63, 3.8) is 0 Å². The maximum Gasteiger partial charge on any atom is 0.129 e. The SMILES string of the molecule is CNC(Cc1ccc(F)cc1F)Cc1cc(C)nn1C. The quantitative estimate of drug-likeness (QED) is 0.910. The first kappa shape index (κ1) is 14.7. The van der Waals surface area contributed by atoms with Crippen molar-refractivity contribution in [3.05, 3.63) is 52.9 Å². The zero-order valence-corrected chi connectivity index (χ0v) is 12.0. The first-order valence-electron chi connectivity index (χ1n) is 6.60. The number of nitrogens with one attached hydrogen (secondary N) is 1. The minimum Gasteiger partial charge on any atom is -0.316 e. The number of hydrogen-bond acceptors (Lipinski definition) is 2. The molecule has 1 aromatic heterocycles. The van der Waals surface area contributed by atoms with Gasteiger partial charge in [-0.15, -0.1) is 0 Å². The highest BCUT2D eigenvalue weighted by Gasteiger charge is 2.14. The Morgan fingerprint density at radius 1 is 1.25 bits per heavy atom. The second kappa shape index (κ2) is 6.13. The van der Waals surface area contributed by atoms with E-state index in [4.69, 9.17) is 0 Å². The standard InChI is InChI=1S/C15H19F2N3/c1-10-6-14(20(3)19-10)9-13(18-2)7-11-4-5-12(16)8-15(11)17/h4-6,8,13,18H,7,9H2,1-3H3. The van der Waals surface area contributed by atoms with E-state index in [0.717, 1.165) is 23.9 Å². The van der Waals surface area contributed by atoms with E-state index in [1.54, 1.807) is 0 Å². The molecular formula is C15H19F2N3. The fraction of sp³-hybridized carbons (Fsp3) is 0.400. The minimum absolute atomic E-state index is 0.0739. The summed E-state index contributed by atoms with van der Waals surface area (Å²) < 4.78 is 28.4. The Morgan fingerprint density at radius 2 is 2.00 bits per heavy atom. The molecule has 2 aromatic rings. The van der Waals surface area contributed by atoms with Crippen LogP contribution in [0.1, 0.15) is 17.0 Å². The molecular weight excluding hydrogens is 260 g/mol. The van der Waals surface area contributed by atoms with Crippen LogP contribution in [0, 0.1) is 18.6 Å². The summed E-state index contributed by atoms with van der Waals surface area (Å²) in [5, 5.41) is 7.48. The van der Waals surface area contributed by atoms with Crippen LogP contribution in [0.15, 0.2) is 24.3 Å². The van der Waals surface area contributed by atoms with Crippen molar-refractivity contribution in [2.24, 2.45) is 7.05 Å². The molecule has 1 N–H and O–H groups in total. The Morgan fingerprint density at radius 3 is 2.55 bits per heavy atom. The molecule has 0 saturated heterocycles. The van der Waals surface area contributed by atoms with Gasteiger partial charge in [0.1, 0.15) is 11.6 Å². The first-order chi connectivity index (χ1) is 9.49. The normalized spacial score (nSPS) is 12.7. The van der Waals surface area contributed by atoms with Gasteiger partial charge in [-0.25, -0.2) is 8.78 Å². The van der Waals surface area contributed by atoms with Crippen molar-refractivity contribution < 1.29 is 8.78 Å². The number of halogens is 2. The number of aryl methyl sites for hydroxylation is 2. The highest BCUT2D eigenvalue weighted by atomic mass is 19.1. The lowest BCUT2D eigenvalue weighted by Gasteiger charge is -2.16. The van der Waals surface area contributed by atoms with E-state index in [0.29, 0.717) is 12.0 Å². The van der Waals surface area contributed by atoms with E-state index in [9.17, 15) is 8.78 Å². The molecule has 0 aliphatic rings. The van der Waals surface area contributed by atoms with Gasteiger partial charge in [0.25, 0.3) is 0 Å². The molecule has 1 aromatic carbocycles. The second-order valence-electron chi connectivity index (χ2n) is 5.03. The van der Waals surface area contributed by atoms with E-state index >= 15 is 0 Å². The summed E-state index contributed by atoms with van der Waals surface area (Å²) in [5.41, 5.74) is 2.57. The summed E-state index contributed by atoms with van der Waals surface area (Å²) in [6.07, 6.45) is 1.25. The molecule has 1 atom stereocenters. The van der Waals surface area contributed by atoms with Crippen LogP contribution in [-0.4, -0.2) is 22.9 Å². The van der Waals surface area contributed by atoms with Crippen molar-refractivity contribution in [2.45, 2.75) is 25.8 Å². The van der Waals surface area contributed by atoms with Gasteiger partial charge >= 0.3 is 0 Å². The summed E-state index contributed by atoms with van der Waals surface area (Å²) in [7, 11) is 3.74. The molecule has 1 unspecified atom stereocenters. The molecule has 20 heavy (non-hydrogen) atoms. The number of nitrogens with zero attached hydrogens (tertiary/aromatic N) is 2. The smallest absolute Gasteiger partial charge is 0.129 e. The maximum absolute atomic E-state index is 13.7. The zero-order valence-electron chi connectivity index (χ0n) is 12.0. The third-order valence-corrected chi connectivity index (χ3v) is 3.44. The van der Waals surface area contributed by atoms with Crippen molar-refractivity contribution in [1.82, 2.24) is 15.1 Å². The van der Waals surface area contributed by atoms with Gasteiger partial charge in [0.05, 0.1) is 5.69 Å². The van der Waals surface area contributed by atoms with Gasteiger partial charge in [-0.05, 0) is 38.1 Å². The number of benzene rings is 1. The molecule has 0 aliphatic carbocycles. The van der Waals surface area contributed by atoms with Crippen LogP contribution < -0.4 is 5.32 Å². The largest absolute Gasteiger partial charge is 0.316 e. The van der Waals surface area contributed by atoms with Crippen LogP contribution in [-0.2, 0) is 19.9 Å². The van der Waals surface area contributed by atoms with Gasteiger partial charge in [0.2, 0.25) is 0 Å². The van der Waals surface area contributed by atoms with E-state index in [1.807, 2.05) is 31.8 Å². The van der Waals surface area contributed by atoms with Crippen molar-refractivity contribution in [1.29, 1.82) is 0 Å². The average molecular weight is 279 g/mol. The maximum atomic E-state index is 13.7. The highest BCUT2D eigenvalue weighted by molar-refractivity contribution is 5.20. The van der Waals surface area contributed by atoms with Gasteiger partial charge in [0, 0.05) is 31.3 Å². The molecule has 0 spiro atoms. The lowest BCUT2D eigenvalue weighted by molar-refractivity contribution is 0.511. The lowest BCUT2D eigenvalue weighted by Crippen LogP contribution is -2.31. The molecule has 3 nitrogen and oxygen atoms in total. The van der Waals surface area contributed by atoms with Gasteiger partial charge in [0.15, 0.2) is 0 Å². The molecule has 108 valence electrons. The first-order valence-corrected chi connectivity index (χ1v) is 6.60. The Hall–Kier alpha value is -1.75. The number of rotatable bonds is 5. The molecule has 2 rings (SSSR count). The Balaban J connectivity index is 2.11. The van der Waals surface area contributed by atoms with E-state index in [2.05, 4.69) is 10.4 Å². The fourth-order valence-electron chi connectivity index (χ4n) is 2.34. The van der Waals surface area contributed by atoms with Gasteiger partial charge in [-0.1, -0.05) is 6.07 Å². The zero-order chi connectivity index (χ0) is 14.7. The van der Waals surface area contributed by atoms with Crippen LogP contribution in [0.2, 0.25) is 0 Å². The monoisotopic (exact) mass is 279 g/mol. The van der Waals surface area contributed by atoms with Gasteiger partial charge in [-0.3, -0.25) is 4.68 Å². The Bertz CT molecular complexity index is 593. The topological polar surface area (TPSA) is 29.9 Å². The predicted molar refractivity (Wildman–Crippen MR) is 74.6 cm³/mol. The molecule has 0 saturated carbocycles. The molecule has 0 radical (unpaired) electrons. The number of likely N-dealkylation sites (N-methyl/N-ethyl adjacent to an activating group) is 1.